The molecule has 0 aliphatic carbocycles. The molecular formula is C9H9KO3. The first kappa shape index (κ1) is 13.1. The number of ether oxygens (including phenoxy) is 1. The first-order valence-electron chi connectivity index (χ1n) is 3.68. The number of hydrogen-bond acceptors (Lipinski definition) is 3. The van der Waals surface area contributed by atoms with Crippen molar-refractivity contribution in [1.29, 1.82) is 0 Å². The van der Waals surface area contributed by atoms with E-state index in [-0.39, 0.29) is 57.1 Å². The van der Waals surface area contributed by atoms with Gasteiger partial charge in [-0.05, 0) is 19.1 Å². The van der Waals surface area contributed by atoms with Crippen LogP contribution < -0.4 is 56.5 Å². The third kappa shape index (κ3) is 4.24. The fourth-order valence-corrected chi connectivity index (χ4v) is 0.805. The van der Waals surface area contributed by atoms with Crippen LogP contribution in [0.3, 0.4) is 0 Å². The second kappa shape index (κ2) is 6.56. The molecule has 0 radical (unpaired) electrons. The standard InChI is InChI=1S/C9H10O3.K/c1-2-12-9(11)7-3-5-8(10)6-4-7;/h3-6,10H,2H2,1H3;/q;+1/p-1. The van der Waals surface area contributed by atoms with Gasteiger partial charge in [0, 0.05) is 0 Å². The second-order valence-corrected chi connectivity index (χ2v) is 2.24. The van der Waals surface area contributed by atoms with Crippen molar-refractivity contribution in [3.8, 4) is 5.75 Å². The Morgan fingerprint density at radius 2 is 1.92 bits per heavy atom. The fourth-order valence-electron chi connectivity index (χ4n) is 0.805. The van der Waals surface area contributed by atoms with Gasteiger partial charge in [0.05, 0.1) is 12.2 Å². The maximum atomic E-state index is 11.0. The van der Waals surface area contributed by atoms with Crippen LogP contribution in [0.5, 0.6) is 5.75 Å². The number of benzene rings is 1. The van der Waals surface area contributed by atoms with Crippen LogP contribution >= 0.6 is 0 Å². The summed E-state index contributed by atoms with van der Waals surface area (Å²) in [5, 5.41) is 10.7. The summed E-state index contributed by atoms with van der Waals surface area (Å²) in [6.07, 6.45) is 0. The van der Waals surface area contributed by atoms with Crippen LogP contribution in [0.15, 0.2) is 24.3 Å². The summed E-state index contributed by atoms with van der Waals surface area (Å²) in [6, 6.07) is 5.60. The molecule has 0 aromatic heterocycles. The van der Waals surface area contributed by atoms with Crippen molar-refractivity contribution < 1.29 is 66.0 Å². The van der Waals surface area contributed by atoms with E-state index in [4.69, 9.17) is 4.74 Å². The topological polar surface area (TPSA) is 49.4 Å². The minimum atomic E-state index is -0.391. The minimum absolute atomic E-state index is 0. The van der Waals surface area contributed by atoms with Gasteiger partial charge in [-0.1, -0.05) is 12.1 Å². The van der Waals surface area contributed by atoms with E-state index in [1.54, 1.807) is 6.92 Å². The van der Waals surface area contributed by atoms with Gasteiger partial charge in [-0.25, -0.2) is 4.79 Å². The minimum Gasteiger partial charge on any atom is -0.872 e. The smallest absolute Gasteiger partial charge is 0.872 e. The van der Waals surface area contributed by atoms with E-state index in [9.17, 15) is 9.90 Å². The van der Waals surface area contributed by atoms with E-state index in [0.717, 1.165) is 0 Å². The van der Waals surface area contributed by atoms with E-state index >= 15 is 0 Å². The van der Waals surface area contributed by atoms with Gasteiger partial charge in [-0.3, -0.25) is 0 Å². The summed E-state index contributed by atoms with van der Waals surface area (Å²) in [7, 11) is 0. The zero-order valence-electron chi connectivity index (χ0n) is 7.74. The fraction of sp³-hybridized carbons (Fsp3) is 0.222. The number of hydrogen-bond donors (Lipinski definition) is 0. The maximum Gasteiger partial charge on any atom is 1.00 e. The monoisotopic (exact) mass is 204 g/mol. The molecule has 4 heteroatoms. The molecule has 1 aromatic carbocycles. The SMILES string of the molecule is CCOC(=O)c1ccc([O-])cc1.[K+]. The molecule has 0 N–H and O–H groups in total. The quantitative estimate of drug-likeness (QED) is 0.411. The van der Waals surface area contributed by atoms with Crippen LogP contribution in [0.2, 0.25) is 0 Å². The third-order valence-corrected chi connectivity index (χ3v) is 1.37. The van der Waals surface area contributed by atoms with Crippen molar-refractivity contribution in [3.05, 3.63) is 29.8 Å². The molecule has 1 aromatic rings. The Balaban J connectivity index is 0.00000144. The molecule has 13 heavy (non-hydrogen) atoms. The van der Waals surface area contributed by atoms with Gasteiger partial charge >= 0.3 is 57.4 Å². The van der Waals surface area contributed by atoms with Gasteiger partial charge < -0.3 is 9.84 Å². The Morgan fingerprint density at radius 1 is 1.38 bits per heavy atom. The van der Waals surface area contributed by atoms with E-state index in [1.807, 2.05) is 0 Å². The largest absolute Gasteiger partial charge is 1.00 e. The van der Waals surface area contributed by atoms with Crippen LogP contribution in [-0.2, 0) is 4.74 Å². The molecule has 0 saturated heterocycles. The summed E-state index contributed by atoms with van der Waals surface area (Å²) >= 11 is 0. The first-order valence-corrected chi connectivity index (χ1v) is 3.68. The molecule has 0 unspecified atom stereocenters. The first-order chi connectivity index (χ1) is 5.74. The molecule has 0 fully saturated rings. The molecule has 0 spiro atoms. The van der Waals surface area contributed by atoms with Crippen LogP contribution in [0, 0.1) is 0 Å². The average molecular weight is 204 g/mol. The predicted molar refractivity (Wildman–Crippen MR) is 41.8 cm³/mol. The zero-order valence-corrected chi connectivity index (χ0v) is 10.9. The van der Waals surface area contributed by atoms with Crippen LogP contribution in [0.25, 0.3) is 0 Å². The molecule has 0 heterocycles. The molecule has 0 amide bonds. The van der Waals surface area contributed by atoms with Crippen molar-refractivity contribution in [3.63, 3.8) is 0 Å². The molecule has 64 valence electrons. The van der Waals surface area contributed by atoms with Crippen molar-refractivity contribution in [1.82, 2.24) is 0 Å². The molecule has 0 atom stereocenters. The molecule has 0 saturated carbocycles. The Kier molecular flexibility index (Phi) is 6.62. The van der Waals surface area contributed by atoms with Gasteiger partial charge in [-0.2, -0.15) is 0 Å². The van der Waals surface area contributed by atoms with Gasteiger partial charge in [0.15, 0.2) is 0 Å². The predicted octanol–water partition coefficient (Wildman–Crippen LogP) is -2.06. The van der Waals surface area contributed by atoms with Crippen LogP contribution in [-0.4, -0.2) is 12.6 Å². The summed E-state index contributed by atoms with van der Waals surface area (Å²) in [5.41, 5.74) is 0.413. The maximum absolute atomic E-state index is 11.0. The van der Waals surface area contributed by atoms with Crippen molar-refractivity contribution >= 4 is 5.97 Å². The summed E-state index contributed by atoms with van der Waals surface area (Å²) in [6.45, 7) is 2.08. The Morgan fingerprint density at radius 3 is 2.38 bits per heavy atom. The number of carbonyl (C=O) groups excluding carboxylic acids is 1. The Labute approximate surface area is 120 Å². The normalized spacial score (nSPS) is 8.69. The number of rotatable bonds is 2. The molecule has 0 aliphatic heterocycles. The molecule has 1 rings (SSSR count). The van der Waals surface area contributed by atoms with Crippen molar-refractivity contribution in [2.75, 3.05) is 6.61 Å². The summed E-state index contributed by atoms with van der Waals surface area (Å²) in [4.78, 5) is 11.0. The summed E-state index contributed by atoms with van der Waals surface area (Å²) in [5.74, 6) is -0.499. The van der Waals surface area contributed by atoms with Crippen molar-refractivity contribution in [2.45, 2.75) is 6.92 Å². The number of esters is 1. The number of carbonyl (C=O) groups is 1. The molecule has 3 nitrogen and oxygen atoms in total. The van der Waals surface area contributed by atoms with Gasteiger partial charge in [0.1, 0.15) is 0 Å². The second-order valence-electron chi connectivity index (χ2n) is 2.24. The van der Waals surface area contributed by atoms with Crippen LogP contribution in [0.1, 0.15) is 17.3 Å². The van der Waals surface area contributed by atoms with Crippen molar-refractivity contribution in [2.24, 2.45) is 0 Å². The van der Waals surface area contributed by atoms with E-state index in [0.29, 0.717) is 12.2 Å². The molecular weight excluding hydrogens is 195 g/mol. The molecule has 0 bridgehead atoms. The van der Waals surface area contributed by atoms with Crippen LogP contribution in [0.4, 0.5) is 0 Å². The van der Waals surface area contributed by atoms with E-state index in [1.165, 1.54) is 24.3 Å². The van der Waals surface area contributed by atoms with Gasteiger partial charge in [0.2, 0.25) is 0 Å². The van der Waals surface area contributed by atoms with E-state index < -0.39 is 5.97 Å². The Bertz CT molecular complexity index is 269. The average Bonchev–Trinajstić information content (AvgIpc) is 2.06. The Hall–Kier alpha value is 0.126. The summed E-state index contributed by atoms with van der Waals surface area (Å²) < 4.78 is 4.73. The zero-order chi connectivity index (χ0) is 8.97. The van der Waals surface area contributed by atoms with Gasteiger partial charge in [0.25, 0.3) is 0 Å². The van der Waals surface area contributed by atoms with E-state index in [2.05, 4.69) is 0 Å². The van der Waals surface area contributed by atoms with Gasteiger partial charge in [-0.15, -0.1) is 5.75 Å². The third-order valence-electron chi connectivity index (χ3n) is 1.37. The molecule has 0 aliphatic rings.